The van der Waals surface area contributed by atoms with Gasteiger partial charge in [0.05, 0.1) is 9.67 Å². The lowest BCUT2D eigenvalue weighted by molar-refractivity contribution is -0.385. The zero-order valence-corrected chi connectivity index (χ0v) is 10.0. The van der Waals surface area contributed by atoms with Crippen molar-refractivity contribution < 1.29 is 13.7 Å². The normalized spacial score (nSPS) is 13.5. The van der Waals surface area contributed by atoms with Gasteiger partial charge in [-0.2, -0.15) is 0 Å². The summed E-state index contributed by atoms with van der Waals surface area (Å²) >= 11 is -2.41. The summed E-state index contributed by atoms with van der Waals surface area (Å²) in [6.45, 7) is 4.60. The van der Waals surface area contributed by atoms with Crippen molar-refractivity contribution in [2.75, 3.05) is 0 Å². The van der Waals surface area contributed by atoms with Crippen LogP contribution in [0.25, 0.3) is 0 Å². The molecule has 1 unspecified atom stereocenters. The highest BCUT2D eigenvalue weighted by Crippen LogP contribution is 2.33. The topological polar surface area (TPSA) is 83.3 Å². The molecule has 0 fully saturated rings. The Morgan fingerprint density at radius 3 is 2.38 bits per heavy atom. The summed E-state index contributed by atoms with van der Waals surface area (Å²) in [7, 11) is 0. The molecular formula is C10H12NO4S-. The molecule has 0 aromatic heterocycles. The fourth-order valence-electron chi connectivity index (χ4n) is 1.39. The van der Waals surface area contributed by atoms with Crippen molar-refractivity contribution in [1.29, 1.82) is 0 Å². The first-order valence-electron chi connectivity index (χ1n) is 4.61. The maximum Gasteiger partial charge on any atom is 0.274 e. The molecule has 0 bridgehead atoms. The van der Waals surface area contributed by atoms with Crippen LogP contribution in [0.4, 0.5) is 5.69 Å². The molecule has 0 heterocycles. The number of rotatable bonds is 3. The van der Waals surface area contributed by atoms with Gasteiger partial charge in [0.25, 0.3) is 5.69 Å². The Labute approximate surface area is 95.9 Å². The fraction of sp³-hybridized carbons (Fsp3) is 0.400. The summed E-state index contributed by atoms with van der Waals surface area (Å²) in [6, 6.07) is 4.53. The van der Waals surface area contributed by atoms with Crippen LogP contribution in [-0.4, -0.2) is 13.7 Å². The van der Waals surface area contributed by atoms with Gasteiger partial charge in [0.2, 0.25) is 0 Å². The van der Waals surface area contributed by atoms with Crippen LogP contribution < -0.4 is 0 Å². The van der Waals surface area contributed by atoms with Gasteiger partial charge in [-0.05, 0) is 37.4 Å². The van der Waals surface area contributed by atoms with Crippen LogP contribution in [0.1, 0.15) is 25.0 Å². The first-order valence-corrected chi connectivity index (χ1v) is 5.69. The quantitative estimate of drug-likeness (QED) is 0.461. The Morgan fingerprint density at radius 1 is 1.38 bits per heavy atom. The predicted octanol–water partition coefficient (Wildman–Crippen LogP) is 2.02. The van der Waals surface area contributed by atoms with E-state index >= 15 is 0 Å². The standard InChI is InChI=1S/C10H13NO4S/c1-7-4-5-8(9(6-7)11(12)13)10(2,3)16(14)15/h4-6H,1-3H3,(H,14,15)/p-1. The monoisotopic (exact) mass is 242 g/mol. The van der Waals surface area contributed by atoms with E-state index in [-0.39, 0.29) is 11.3 Å². The summed E-state index contributed by atoms with van der Waals surface area (Å²) < 4.78 is 20.8. The molecule has 0 amide bonds. The summed E-state index contributed by atoms with van der Waals surface area (Å²) in [5.41, 5.74) is 0.772. The molecule has 0 aliphatic carbocycles. The minimum atomic E-state index is -2.41. The second-order valence-electron chi connectivity index (χ2n) is 4.02. The molecule has 1 atom stereocenters. The number of hydrogen-bond donors (Lipinski definition) is 0. The van der Waals surface area contributed by atoms with Gasteiger partial charge in [0, 0.05) is 11.6 Å². The SMILES string of the molecule is Cc1ccc(C(C)(C)S(=O)[O-])c([N+](=O)[O-])c1. The lowest BCUT2D eigenvalue weighted by Gasteiger charge is -2.27. The van der Waals surface area contributed by atoms with Crippen molar-refractivity contribution in [1.82, 2.24) is 0 Å². The van der Waals surface area contributed by atoms with Crippen LogP contribution in [0.5, 0.6) is 0 Å². The molecular weight excluding hydrogens is 230 g/mol. The molecule has 0 saturated heterocycles. The molecule has 88 valence electrons. The lowest BCUT2D eigenvalue weighted by atomic mass is 9.99. The van der Waals surface area contributed by atoms with E-state index in [2.05, 4.69) is 0 Å². The van der Waals surface area contributed by atoms with E-state index in [0.29, 0.717) is 0 Å². The summed E-state index contributed by atoms with van der Waals surface area (Å²) in [4.78, 5) is 10.3. The molecule has 1 aromatic rings. The summed E-state index contributed by atoms with van der Waals surface area (Å²) in [6.07, 6.45) is 0. The molecule has 1 aromatic carbocycles. The van der Waals surface area contributed by atoms with E-state index in [1.165, 1.54) is 26.0 Å². The zero-order chi connectivity index (χ0) is 12.5. The van der Waals surface area contributed by atoms with Crippen molar-refractivity contribution in [2.45, 2.75) is 25.5 Å². The highest BCUT2D eigenvalue weighted by molar-refractivity contribution is 7.80. The van der Waals surface area contributed by atoms with Crippen molar-refractivity contribution in [3.63, 3.8) is 0 Å². The van der Waals surface area contributed by atoms with E-state index in [0.717, 1.165) is 5.56 Å². The Balaban J connectivity index is 3.45. The molecule has 0 radical (unpaired) electrons. The van der Waals surface area contributed by atoms with Crippen molar-refractivity contribution in [2.24, 2.45) is 0 Å². The minimum Gasteiger partial charge on any atom is -0.772 e. The molecule has 0 aliphatic heterocycles. The van der Waals surface area contributed by atoms with Gasteiger partial charge in [0.1, 0.15) is 0 Å². The third-order valence-corrected chi connectivity index (χ3v) is 3.47. The smallest absolute Gasteiger partial charge is 0.274 e. The molecule has 0 aliphatic rings. The molecule has 1 rings (SSSR count). The highest BCUT2D eigenvalue weighted by Gasteiger charge is 2.29. The minimum absolute atomic E-state index is 0.158. The van der Waals surface area contributed by atoms with Gasteiger partial charge >= 0.3 is 0 Å². The molecule has 0 saturated carbocycles. The Bertz CT molecular complexity index is 456. The predicted molar refractivity (Wildman–Crippen MR) is 59.8 cm³/mol. The maximum atomic E-state index is 11.1. The second kappa shape index (κ2) is 4.31. The first kappa shape index (κ1) is 12.8. The fourth-order valence-corrected chi connectivity index (χ4v) is 1.74. The van der Waals surface area contributed by atoms with E-state index in [1.807, 2.05) is 0 Å². The third-order valence-electron chi connectivity index (χ3n) is 2.42. The van der Waals surface area contributed by atoms with Gasteiger partial charge in [-0.1, -0.05) is 12.1 Å². The van der Waals surface area contributed by atoms with E-state index < -0.39 is 20.8 Å². The largest absolute Gasteiger partial charge is 0.772 e. The highest BCUT2D eigenvalue weighted by atomic mass is 32.2. The van der Waals surface area contributed by atoms with Gasteiger partial charge in [-0.3, -0.25) is 14.3 Å². The van der Waals surface area contributed by atoms with Crippen LogP contribution in [-0.2, 0) is 15.8 Å². The number of hydrogen-bond acceptors (Lipinski definition) is 4. The lowest BCUT2D eigenvalue weighted by Crippen LogP contribution is -2.24. The van der Waals surface area contributed by atoms with E-state index in [1.54, 1.807) is 13.0 Å². The molecule has 5 nitrogen and oxygen atoms in total. The molecule has 6 heteroatoms. The van der Waals surface area contributed by atoms with Gasteiger partial charge in [-0.25, -0.2) is 0 Å². The molecule has 16 heavy (non-hydrogen) atoms. The van der Waals surface area contributed by atoms with E-state index in [9.17, 15) is 18.9 Å². The number of nitro benzene ring substituents is 1. The van der Waals surface area contributed by atoms with Crippen molar-refractivity contribution in [3.05, 3.63) is 39.4 Å². The summed E-state index contributed by atoms with van der Waals surface area (Å²) in [5.74, 6) is 0. The first-order chi connectivity index (χ1) is 7.26. The number of aryl methyl sites for hydroxylation is 1. The Kier molecular flexibility index (Phi) is 3.44. The van der Waals surface area contributed by atoms with Crippen LogP contribution in [0.3, 0.4) is 0 Å². The van der Waals surface area contributed by atoms with Gasteiger partial charge in [0.15, 0.2) is 0 Å². The van der Waals surface area contributed by atoms with Crippen LogP contribution in [0, 0.1) is 17.0 Å². The summed E-state index contributed by atoms with van der Waals surface area (Å²) in [5, 5.41) is 10.8. The van der Waals surface area contributed by atoms with Crippen LogP contribution in [0.2, 0.25) is 0 Å². The zero-order valence-electron chi connectivity index (χ0n) is 9.22. The number of nitro groups is 1. The second-order valence-corrected chi connectivity index (χ2v) is 5.51. The average Bonchev–Trinajstić information content (AvgIpc) is 2.16. The maximum absolute atomic E-state index is 11.1. The molecule has 0 spiro atoms. The number of nitrogens with zero attached hydrogens (tertiary/aromatic N) is 1. The number of benzene rings is 1. The van der Waals surface area contributed by atoms with Crippen LogP contribution in [0.15, 0.2) is 18.2 Å². The van der Waals surface area contributed by atoms with Crippen molar-refractivity contribution in [3.8, 4) is 0 Å². The van der Waals surface area contributed by atoms with E-state index in [4.69, 9.17) is 0 Å². The molecule has 0 N–H and O–H groups in total. The average molecular weight is 242 g/mol. The van der Waals surface area contributed by atoms with Gasteiger partial charge in [-0.15, -0.1) is 0 Å². The third kappa shape index (κ3) is 2.28. The Hall–Kier alpha value is -1.27. The van der Waals surface area contributed by atoms with Crippen molar-refractivity contribution >= 4 is 16.8 Å². The van der Waals surface area contributed by atoms with Crippen LogP contribution >= 0.6 is 0 Å². The van der Waals surface area contributed by atoms with Gasteiger partial charge < -0.3 is 4.55 Å². The Morgan fingerprint density at radius 2 is 1.94 bits per heavy atom.